The highest BCUT2D eigenvalue weighted by atomic mass is 32.2. The summed E-state index contributed by atoms with van der Waals surface area (Å²) in [6.07, 6.45) is 0.222. The van der Waals surface area contributed by atoms with Gasteiger partial charge in [-0.2, -0.15) is 0 Å². The number of carbonyl (C=O) groups excluding carboxylic acids is 3. The van der Waals surface area contributed by atoms with Crippen LogP contribution in [0.5, 0.6) is 0 Å². The van der Waals surface area contributed by atoms with Crippen molar-refractivity contribution in [1.29, 1.82) is 0 Å². The number of amidine groups is 1. The Kier molecular flexibility index (Phi) is 7.88. The number of aryl methyl sites for hydroxylation is 1. The van der Waals surface area contributed by atoms with Gasteiger partial charge in [0.25, 0.3) is 5.91 Å². The standard InChI is InChI=1S/C27H35N5O3S/c1-6-29(7-2)26(35)24-19(4)28-27-32(25(24)22-11-9-8-10-18(22)3)21(17-36-27)16-23(34)31-14-12-30(13-15-31)20(5)33/h8-11,17,25H,6-7,12-16H2,1-5H3. The van der Waals surface area contributed by atoms with Gasteiger partial charge in [0.2, 0.25) is 11.8 Å². The Balaban J connectivity index is 1.65. The van der Waals surface area contributed by atoms with Gasteiger partial charge in [-0.05, 0) is 44.2 Å². The van der Waals surface area contributed by atoms with E-state index < -0.39 is 0 Å². The number of likely N-dealkylation sites (N-methyl/N-ethyl adjacent to an activating group) is 1. The maximum absolute atomic E-state index is 13.8. The quantitative estimate of drug-likeness (QED) is 0.587. The summed E-state index contributed by atoms with van der Waals surface area (Å²) in [4.78, 5) is 51.1. The van der Waals surface area contributed by atoms with Crippen LogP contribution in [0.3, 0.4) is 0 Å². The topological polar surface area (TPSA) is 76.5 Å². The maximum Gasteiger partial charge on any atom is 0.254 e. The lowest BCUT2D eigenvalue weighted by Gasteiger charge is -2.39. The number of piperazine rings is 1. The van der Waals surface area contributed by atoms with Crippen molar-refractivity contribution in [2.24, 2.45) is 4.99 Å². The maximum atomic E-state index is 13.8. The van der Waals surface area contributed by atoms with Crippen molar-refractivity contribution >= 4 is 34.7 Å². The van der Waals surface area contributed by atoms with Crippen molar-refractivity contribution in [1.82, 2.24) is 19.6 Å². The third-order valence-corrected chi connectivity index (χ3v) is 8.06. The molecule has 36 heavy (non-hydrogen) atoms. The number of amides is 3. The fourth-order valence-electron chi connectivity index (χ4n) is 5.05. The molecule has 1 atom stereocenters. The van der Waals surface area contributed by atoms with Gasteiger partial charge in [0.15, 0.2) is 5.17 Å². The predicted octanol–water partition coefficient (Wildman–Crippen LogP) is 3.52. The average molecular weight is 510 g/mol. The Morgan fingerprint density at radius 3 is 2.28 bits per heavy atom. The lowest BCUT2D eigenvalue weighted by Crippen LogP contribution is -2.50. The number of carbonyl (C=O) groups is 3. The molecular weight excluding hydrogens is 474 g/mol. The number of benzene rings is 1. The fraction of sp³-hybridized carbons (Fsp3) is 0.481. The van der Waals surface area contributed by atoms with Gasteiger partial charge >= 0.3 is 0 Å². The molecule has 1 unspecified atom stereocenters. The first-order valence-electron chi connectivity index (χ1n) is 12.6. The van der Waals surface area contributed by atoms with E-state index in [9.17, 15) is 14.4 Å². The SMILES string of the molecule is CCN(CC)C(=O)C1=C(C)N=C2SC=C(CC(=O)N3CCN(C(C)=O)CC3)N2C1c1ccccc1C. The molecule has 0 aliphatic carbocycles. The lowest BCUT2D eigenvalue weighted by molar-refractivity contribution is -0.138. The first-order valence-corrected chi connectivity index (χ1v) is 13.5. The Morgan fingerprint density at radius 1 is 1.03 bits per heavy atom. The second-order valence-electron chi connectivity index (χ2n) is 9.29. The van der Waals surface area contributed by atoms with Crippen molar-refractivity contribution in [2.75, 3.05) is 39.3 Å². The van der Waals surface area contributed by atoms with E-state index in [1.165, 1.54) is 11.8 Å². The smallest absolute Gasteiger partial charge is 0.254 e. The van der Waals surface area contributed by atoms with Crippen molar-refractivity contribution < 1.29 is 14.4 Å². The van der Waals surface area contributed by atoms with E-state index in [4.69, 9.17) is 4.99 Å². The number of allylic oxidation sites excluding steroid dienone is 1. The molecule has 192 valence electrons. The molecule has 0 bridgehead atoms. The molecule has 0 spiro atoms. The number of hydrogen-bond donors (Lipinski definition) is 0. The molecule has 3 heterocycles. The molecule has 9 heteroatoms. The Labute approximate surface area is 217 Å². The number of fused-ring (bicyclic) bond motifs is 1. The van der Waals surface area contributed by atoms with E-state index in [1.54, 1.807) is 11.8 Å². The van der Waals surface area contributed by atoms with Crippen molar-refractivity contribution in [3.05, 3.63) is 57.8 Å². The van der Waals surface area contributed by atoms with Gasteiger partial charge in [-0.1, -0.05) is 36.0 Å². The van der Waals surface area contributed by atoms with Crippen LogP contribution in [0.4, 0.5) is 0 Å². The van der Waals surface area contributed by atoms with Crippen molar-refractivity contribution in [2.45, 2.75) is 47.1 Å². The summed E-state index contributed by atoms with van der Waals surface area (Å²) in [5.74, 6) is 0.0500. The Hall–Kier alpha value is -3.07. The molecule has 0 aromatic heterocycles. The Bertz CT molecular complexity index is 1150. The highest BCUT2D eigenvalue weighted by molar-refractivity contribution is 8.16. The zero-order chi connectivity index (χ0) is 26.0. The third-order valence-electron chi connectivity index (χ3n) is 7.17. The van der Waals surface area contributed by atoms with Crippen LogP contribution in [-0.2, 0) is 14.4 Å². The van der Waals surface area contributed by atoms with Gasteiger partial charge in [0.1, 0.15) is 0 Å². The van der Waals surface area contributed by atoms with Crippen molar-refractivity contribution in [3.8, 4) is 0 Å². The zero-order valence-corrected chi connectivity index (χ0v) is 22.6. The molecule has 4 rings (SSSR count). The molecule has 1 aromatic rings. The number of thioether (sulfide) groups is 1. The number of hydrogen-bond acceptors (Lipinski definition) is 6. The summed E-state index contributed by atoms with van der Waals surface area (Å²) in [5.41, 5.74) is 4.36. The summed E-state index contributed by atoms with van der Waals surface area (Å²) in [5, 5.41) is 2.78. The molecule has 1 aromatic carbocycles. The minimum atomic E-state index is -0.351. The van der Waals surface area contributed by atoms with Crippen molar-refractivity contribution in [3.63, 3.8) is 0 Å². The highest BCUT2D eigenvalue weighted by Gasteiger charge is 2.42. The van der Waals surface area contributed by atoms with Crippen LogP contribution in [0, 0.1) is 6.92 Å². The summed E-state index contributed by atoms with van der Waals surface area (Å²) in [6, 6.07) is 7.76. The first kappa shape index (κ1) is 26.0. The minimum Gasteiger partial charge on any atom is -0.339 e. The largest absolute Gasteiger partial charge is 0.339 e. The second-order valence-corrected chi connectivity index (χ2v) is 10.1. The van der Waals surface area contributed by atoms with Gasteiger partial charge in [-0.3, -0.25) is 14.4 Å². The Morgan fingerprint density at radius 2 is 1.67 bits per heavy atom. The molecule has 0 saturated carbocycles. The van der Waals surface area contributed by atoms with Gasteiger partial charge in [0, 0.05) is 51.9 Å². The molecule has 3 aliphatic heterocycles. The molecule has 3 aliphatic rings. The summed E-state index contributed by atoms with van der Waals surface area (Å²) < 4.78 is 0. The first-order chi connectivity index (χ1) is 17.3. The van der Waals surface area contributed by atoms with Crippen LogP contribution in [0.2, 0.25) is 0 Å². The van der Waals surface area contributed by atoms with Crippen LogP contribution in [0.15, 0.2) is 51.6 Å². The monoisotopic (exact) mass is 509 g/mol. The molecule has 0 radical (unpaired) electrons. The normalized spacial score (nSPS) is 19.7. The van der Waals surface area contributed by atoms with Crippen LogP contribution >= 0.6 is 11.8 Å². The minimum absolute atomic E-state index is 0.0171. The van der Waals surface area contributed by atoms with Gasteiger partial charge in [0.05, 0.1) is 23.7 Å². The second kappa shape index (κ2) is 10.9. The molecular formula is C27H35N5O3S. The zero-order valence-electron chi connectivity index (χ0n) is 21.8. The lowest BCUT2D eigenvalue weighted by atomic mass is 9.90. The molecule has 8 nitrogen and oxygen atoms in total. The van der Waals surface area contributed by atoms with Crippen LogP contribution in [-0.4, -0.2) is 81.8 Å². The number of nitrogens with zero attached hydrogens (tertiary/aromatic N) is 5. The molecule has 0 N–H and O–H groups in total. The summed E-state index contributed by atoms with van der Waals surface area (Å²) in [6.45, 7) is 12.9. The predicted molar refractivity (Wildman–Crippen MR) is 143 cm³/mol. The van der Waals surface area contributed by atoms with E-state index in [0.717, 1.165) is 27.7 Å². The van der Waals surface area contributed by atoms with E-state index in [1.807, 2.05) is 48.1 Å². The van der Waals surface area contributed by atoms with E-state index in [2.05, 4.69) is 24.0 Å². The number of rotatable bonds is 6. The van der Waals surface area contributed by atoms with Crippen LogP contribution < -0.4 is 0 Å². The summed E-state index contributed by atoms with van der Waals surface area (Å²) in [7, 11) is 0. The highest BCUT2D eigenvalue weighted by Crippen LogP contribution is 2.45. The van der Waals surface area contributed by atoms with Gasteiger partial charge in [-0.25, -0.2) is 4.99 Å². The van der Waals surface area contributed by atoms with E-state index in [-0.39, 0.29) is 30.2 Å². The van der Waals surface area contributed by atoms with E-state index in [0.29, 0.717) is 44.8 Å². The molecule has 1 saturated heterocycles. The van der Waals surface area contributed by atoms with Gasteiger partial charge in [-0.15, -0.1) is 0 Å². The van der Waals surface area contributed by atoms with Gasteiger partial charge < -0.3 is 19.6 Å². The number of aliphatic imine (C=N–C) groups is 1. The fourth-order valence-corrected chi connectivity index (χ4v) is 6.01. The molecule has 3 amide bonds. The third kappa shape index (κ3) is 4.93. The van der Waals surface area contributed by atoms with E-state index >= 15 is 0 Å². The average Bonchev–Trinajstić information content (AvgIpc) is 3.26. The summed E-state index contributed by atoms with van der Waals surface area (Å²) >= 11 is 1.50. The van der Waals surface area contributed by atoms with Crippen LogP contribution in [0.25, 0.3) is 0 Å². The molecule has 1 fully saturated rings. The van der Waals surface area contributed by atoms with Crippen LogP contribution in [0.1, 0.15) is 51.3 Å².